The van der Waals surface area contributed by atoms with Crippen LogP contribution in [-0.4, -0.2) is 106 Å². The number of aromatic nitrogens is 1. The second-order valence-electron chi connectivity index (χ2n) is 15.4. The van der Waals surface area contributed by atoms with Crippen LogP contribution in [0, 0.1) is 0 Å². The van der Waals surface area contributed by atoms with Crippen LogP contribution in [-0.2, 0) is 48.0 Å². The Balaban J connectivity index is 1.40. The van der Waals surface area contributed by atoms with Crippen molar-refractivity contribution < 1.29 is 33.9 Å². The molecule has 0 bridgehead atoms. The number of rotatable bonds is 11. The number of carbonyl (C=O) groups excluding carboxylic acids is 6. The SMILES string of the molecule is C[C@H](O)[C@@H]1NC(=O)[C@H](CCCCN)NC(=O)[C@@H](Cc2c[nH]c3ccccc23)NC(=O)[C@H](Cc2ccccc2)NC(=O)[C@@H]2CCCN2C(=O)[C@H](Cc2ccccc2)NC1=O. The highest BCUT2D eigenvalue weighted by Crippen LogP contribution is 2.22. The summed E-state index contributed by atoms with van der Waals surface area (Å²) >= 11 is 0. The molecule has 0 radical (unpaired) electrons. The van der Waals surface area contributed by atoms with Crippen molar-refractivity contribution in [1.82, 2.24) is 36.5 Å². The molecule has 6 rings (SSSR count). The van der Waals surface area contributed by atoms with Gasteiger partial charge in [0.1, 0.15) is 36.3 Å². The van der Waals surface area contributed by atoms with Gasteiger partial charge in [-0.15, -0.1) is 0 Å². The normalized spacial score (nSPS) is 24.2. The smallest absolute Gasteiger partial charge is 0.246 e. The van der Waals surface area contributed by atoms with Crippen LogP contribution < -0.4 is 32.3 Å². The van der Waals surface area contributed by atoms with Gasteiger partial charge in [-0.25, -0.2) is 0 Å². The minimum atomic E-state index is -1.51. The molecule has 2 aliphatic heterocycles. The lowest BCUT2D eigenvalue weighted by atomic mass is 10.00. The number of fused-ring (bicyclic) bond motifs is 2. The Morgan fingerprint density at radius 2 is 1.22 bits per heavy atom. The average Bonchev–Trinajstić information content (AvgIpc) is 3.90. The van der Waals surface area contributed by atoms with Gasteiger partial charge in [-0.1, -0.05) is 78.9 Å². The third kappa shape index (κ3) is 10.9. The monoisotopic (exact) mass is 806 g/mol. The summed E-state index contributed by atoms with van der Waals surface area (Å²) in [6, 6.07) is 18.5. The Morgan fingerprint density at radius 3 is 1.88 bits per heavy atom. The Kier molecular flexibility index (Phi) is 14.5. The number of aliphatic hydroxyl groups excluding tert-OH is 1. The van der Waals surface area contributed by atoms with Gasteiger partial charge in [0.05, 0.1) is 6.10 Å². The first-order valence-corrected chi connectivity index (χ1v) is 20.4. The van der Waals surface area contributed by atoms with E-state index in [0.29, 0.717) is 32.2 Å². The lowest BCUT2D eigenvalue weighted by Gasteiger charge is -2.32. The molecule has 59 heavy (non-hydrogen) atoms. The third-order valence-corrected chi connectivity index (χ3v) is 11.0. The zero-order valence-electron chi connectivity index (χ0n) is 33.2. The fraction of sp³-hybridized carbons (Fsp3) is 0.409. The number of amides is 6. The van der Waals surface area contributed by atoms with Gasteiger partial charge in [-0.05, 0) is 68.3 Å². The molecule has 3 heterocycles. The van der Waals surface area contributed by atoms with Gasteiger partial charge in [0.25, 0.3) is 0 Å². The first-order valence-electron chi connectivity index (χ1n) is 20.4. The summed E-state index contributed by atoms with van der Waals surface area (Å²) in [6.45, 7) is 1.90. The number of unbranched alkanes of at least 4 members (excludes halogenated alkanes) is 1. The van der Waals surface area contributed by atoms with E-state index < -0.39 is 77.8 Å². The van der Waals surface area contributed by atoms with Crippen LogP contribution >= 0.6 is 0 Å². The van der Waals surface area contributed by atoms with Gasteiger partial charge in [-0.2, -0.15) is 0 Å². The summed E-state index contributed by atoms with van der Waals surface area (Å²) in [4.78, 5) is 90.3. The lowest BCUT2D eigenvalue weighted by Crippen LogP contribution is -2.63. The van der Waals surface area contributed by atoms with Gasteiger partial charge in [0, 0.05) is 42.9 Å². The third-order valence-electron chi connectivity index (χ3n) is 11.0. The molecule has 0 saturated carbocycles. The van der Waals surface area contributed by atoms with E-state index in [1.807, 2.05) is 60.7 Å². The number of aliphatic hydroxyl groups is 1. The van der Waals surface area contributed by atoms with E-state index in [0.717, 1.165) is 27.6 Å². The maximum atomic E-state index is 14.5. The Morgan fingerprint density at radius 1 is 0.661 bits per heavy atom. The molecule has 9 N–H and O–H groups in total. The van der Waals surface area contributed by atoms with Crippen LogP contribution in [0.3, 0.4) is 0 Å². The summed E-state index contributed by atoms with van der Waals surface area (Å²) in [6.07, 6.45) is 2.44. The predicted molar refractivity (Wildman–Crippen MR) is 221 cm³/mol. The molecule has 4 aromatic rings. The van der Waals surface area contributed by atoms with E-state index in [1.54, 1.807) is 30.5 Å². The quantitative estimate of drug-likeness (QED) is 0.102. The molecule has 2 saturated heterocycles. The van der Waals surface area contributed by atoms with Crippen LogP contribution in [0.5, 0.6) is 0 Å². The fourth-order valence-electron chi connectivity index (χ4n) is 7.84. The van der Waals surface area contributed by atoms with Gasteiger partial charge in [0.15, 0.2) is 0 Å². The second kappa shape index (κ2) is 20.1. The summed E-state index contributed by atoms with van der Waals surface area (Å²) < 4.78 is 0. The number of nitrogens with one attached hydrogen (secondary N) is 6. The van der Waals surface area contributed by atoms with Crippen LogP contribution in [0.2, 0.25) is 0 Å². The highest BCUT2D eigenvalue weighted by atomic mass is 16.3. The van der Waals surface area contributed by atoms with E-state index in [4.69, 9.17) is 5.73 Å². The summed E-state index contributed by atoms with van der Waals surface area (Å²) in [5.41, 5.74) is 8.81. The Bertz CT molecular complexity index is 2090. The topological polar surface area (TPSA) is 228 Å². The maximum Gasteiger partial charge on any atom is 0.246 e. The van der Waals surface area contributed by atoms with Gasteiger partial charge >= 0.3 is 0 Å². The molecule has 1 aromatic heterocycles. The number of carbonyl (C=O) groups is 6. The standard InChI is InChI=1S/C44H54N8O7/c1-27(53)38-43(58)50-36(24-29-15-6-3-7-16-29)44(59)52-22-12-20-37(52)42(57)49-34(23-28-13-4-2-5-14-28)40(55)48-35(25-30-26-46-32-18-9-8-17-31(30)32)41(56)47-33(39(54)51-38)19-10-11-21-45/h2-9,13-18,26-27,33-38,46,53H,10-12,19-25,45H2,1H3,(H,47,56)(H,48,55)(H,49,57)(H,50,58)(H,51,54)/t27-,33-,34-,35+,36-,37-,38-/m0/s1. The highest BCUT2D eigenvalue weighted by molar-refractivity contribution is 5.99. The van der Waals surface area contributed by atoms with Crippen molar-refractivity contribution in [2.75, 3.05) is 13.1 Å². The lowest BCUT2D eigenvalue weighted by molar-refractivity contribution is -0.143. The zero-order chi connectivity index (χ0) is 41.9. The minimum Gasteiger partial charge on any atom is -0.391 e. The van der Waals surface area contributed by atoms with Crippen molar-refractivity contribution in [2.45, 2.75) is 101 Å². The van der Waals surface area contributed by atoms with Crippen molar-refractivity contribution in [3.63, 3.8) is 0 Å². The molecule has 2 fully saturated rings. The molecule has 15 nitrogen and oxygen atoms in total. The average molecular weight is 807 g/mol. The number of H-pyrrole nitrogens is 1. The largest absolute Gasteiger partial charge is 0.391 e. The first-order chi connectivity index (χ1) is 28.5. The molecule has 0 unspecified atom stereocenters. The van der Waals surface area contributed by atoms with Gasteiger partial charge in [0.2, 0.25) is 35.4 Å². The molecule has 7 atom stereocenters. The highest BCUT2D eigenvalue weighted by Gasteiger charge is 2.41. The summed E-state index contributed by atoms with van der Waals surface area (Å²) in [5, 5.41) is 25.7. The molecule has 2 aliphatic rings. The zero-order valence-corrected chi connectivity index (χ0v) is 33.2. The Hall–Kier alpha value is -6.06. The van der Waals surface area contributed by atoms with Gasteiger partial charge in [-0.3, -0.25) is 28.8 Å². The molecule has 15 heteroatoms. The first kappa shape index (κ1) is 42.5. The molecule has 0 spiro atoms. The maximum absolute atomic E-state index is 14.5. The number of para-hydroxylation sites is 1. The Labute approximate surface area is 343 Å². The van der Waals surface area contributed by atoms with E-state index in [1.165, 1.54) is 11.8 Å². The molecule has 3 aromatic carbocycles. The molecular weight excluding hydrogens is 753 g/mol. The molecule has 312 valence electrons. The van der Waals surface area contributed by atoms with Crippen LogP contribution in [0.25, 0.3) is 10.9 Å². The van der Waals surface area contributed by atoms with E-state index in [-0.39, 0.29) is 32.2 Å². The molecular formula is C44H54N8O7. The second-order valence-corrected chi connectivity index (χ2v) is 15.4. The van der Waals surface area contributed by atoms with E-state index in [2.05, 4.69) is 31.6 Å². The molecule has 6 amide bonds. The fourth-order valence-corrected chi connectivity index (χ4v) is 7.84. The number of hydrogen-bond acceptors (Lipinski definition) is 8. The predicted octanol–water partition coefficient (Wildman–Crippen LogP) is 1.13. The number of hydrogen-bond donors (Lipinski definition) is 8. The van der Waals surface area contributed by atoms with Crippen molar-refractivity contribution in [3.8, 4) is 0 Å². The molecule has 0 aliphatic carbocycles. The van der Waals surface area contributed by atoms with Crippen molar-refractivity contribution in [2.24, 2.45) is 5.73 Å². The number of nitrogens with two attached hydrogens (primary N) is 1. The van der Waals surface area contributed by atoms with Crippen LogP contribution in [0.1, 0.15) is 55.7 Å². The number of benzene rings is 3. The van der Waals surface area contributed by atoms with Crippen LogP contribution in [0.15, 0.2) is 91.1 Å². The van der Waals surface area contributed by atoms with Crippen molar-refractivity contribution in [3.05, 3.63) is 108 Å². The van der Waals surface area contributed by atoms with Crippen molar-refractivity contribution in [1.29, 1.82) is 0 Å². The van der Waals surface area contributed by atoms with Crippen molar-refractivity contribution >= 4 is 46.3 Å². The number of aromatic amines is 1. The number of nitrogens with zero attached hydrogens (tertiary/aromatic N) is 1. The van der Waals surface area contributed by atoms with E-state index >= 15 is 0 Å². The van der Waals surface area contributed by atoms with E-state index in [9.17, 15) is 33.9 Å². The summed E-state index contributed by atoms with van der Waals surface area (Å²) in [7, 11) is 0. The summed E-state index contributed by atoms with van der Waals surface area (Å²) in [5.74, 6) is -3.93. The van der Waals surface area contributed by atoms with Gasteiger partial charge < -0.3 is 47.3 Å². The minimum absolute atomic E-state index is 0.0249. The van der Waals surface area contributed by atoms with Crippen LogP contribution in [0.4, 0.5) is 0 Å².